The molecule has 0 bridgehead atoms. The first-order valence-corrected chi connectivity index (χ1v) is 9.16. The molecule has 0 aromatic rings. The molecule has 136 valence electrons. The number of amides is 1. The first-order chi connectivity index (χ1) is 10.7. The number of rotatable bonds is 7. The lowest BCUT2D eigenvalue weighted by molar-refractivity contribution is 0.0506. The minimum Gasteiger partial charge on any atom is -0.444 e. The lowest BCUT2D eigenvalue weighted by Gasteiger charge is -2.35. The molecule has 3 unspecified atom stereocenters. The highest BCUT2D eigenvalue weighted by molar-refractivity contribution is 5.67. The zero-order valence-electron chi connectivity index (χ0n) is 15.9. The van der Waals surface area contributed by atoms with Crippen molar-refractivity contribution in [1.29, 1.82) is 0 Å². The van der Waals surface area contributed by atoms with Gasteiger partial charge in [-0.25, -0.2) is 4.79 Å². The second kappa shape index (κ2) is 9.48. The number of hydrogen-bond acceptors (Lipinski definition) is 4. The number of alkyl carbamates (subject to hydrolysis) is 1. The second-order valence-corrected chi connectivity index (χ2v) is 7.87. The third kappa shape index (κ3) is 8.56. The summed E-state index contributed by atoms with van der Waals surface area (Å²) in [6.07, 6.45) is 3.20. The zero-order chi connectivity index (χ0) is 17.5. The van der Waals surface area contributed by atoms with Crippen molar-refractivity contribution in [3.8, 4) is 0 Å². The largest absolute Gasteiger partial charge is 0.444 e. The molecule has 1 amide bonds. The van der Waals surface area contributed by atoms with Crippen LogP contribution < -0.4 is 10.6 Å². The van der Waals surface area contributed by atoms with Crippen LogP contribution in [0.25, 0.3) is 0 Å². The predicted octanol–water partition coefficient (Wildman–Crippen LogP) is 3.00. The quantitative estimate of drug-likeness (QED) is 0.755. The van der Waals surface area contributed by atoms with Gasteiger partial charge < -0.3 is 20.3 Å². The number of carbonyl (C=O) groups is 1. The summed E-state index contributed by atoms with van der Waals surface area (Å²) < 4.78 is 5.28. The molecule has 1 heterocycles. The molecule has 23 heavy (non-hydrogen) atoms. The standard InChI is InChI=1S/C18H37N3O2/c1-7-21-12-8-9-16(13-21)15(3)19-11-10-14(2)20-17(22)23-18(4,5)6/h14-16,19H,7-13H2,1-6H3,(H,20,22). The Kier molecular flexibility index (Phi) is 8.34. The Bertz CT molecular complexity index is 355. The van der Waals surface area contributed by atoms with Crippen molar-refractivity contribution in [2.45, 2.75) is 78.5 Å². The van der Waals surface area contributed by atoms with Crippen molar-refractivity contribution < 1.29 is 9.53 Å². The summed E-state index contributed by atoms with van der Waals surface area (Å²) in [4.78, 5) is 14.3. The molecule has 1 saturated heterocycles. The topological polar surface area (TPSA) is 53.6 Å². The number of ether oxygens (including phenoxy) is 1. The summed E-state index contributed by atoms with van der Waals surface area (Å²) >= 11 is 0. The van der Waals surface area contributed by atoms with E-state index in [1.54, 1.807) is 0 Å². The van der Waals surface area contributed by atoms with Gasteiger partial charge in [-0.15, -0.1) is 0 Å². The van der Waals surface area contributed by atoms with Gasteiger partial charge in [-0.3, -0.25) is 0 Å². The van der Waals surface area contributed by atoms with Gasteiger partial charge in [-0.2, -0.15) is 0 Å². The van der Waals surface area contributed by atoms with Crippen LogP contribution in [0.5, 0.6) is 0 Å². The molecule has 1 fully saturated rings. The molecule has 0 saturated carbocycles. The fourth-order valence-corrected chi connectivity index (χ4v) is 3.06. The van der Waals surface area contributed by atoms with Crippen LogP contribution in [0, 0.1) is 5.92 Å². The summed E-state index contributed by atoms with van der Waals surface area (Å²) in [5.74, 6) is 0.734. The Hall–Kier alpha value is -0.810. The Morgan fingerprint density at radius 3 is 2.65 bits per heavy atom. The van der Waals surface area contributed by atoms with E-state index in [4.69, 9.17) is 4.74 Å². The van der Waals surface area contributed by atoms with E-state index in [1.807, 2.05) is 27.7 Å². The number of nitrogens with zero attached hydrogens (tertiary/aromatic N) is 1. The van der Waals surface area contributed by atoms with Crippen LogP contribution in [-0.4, -0.2) is 54.9 Å². The summed E-state index contributed by atoms with van der Waals surface area (Å²) in [6.45, 7) is 16.7. The molecule has 5 nitrogen and oxygen atoms in total. The van der Waals surface area contributed by atoms with Crippen molar-refractivity contribution >= 4 is 6.09 Å². The van der Waals surface area contributed by atoms with Crippen LogP contribution >= 0.6 is 0 Å². The van der Waals surface area contributed by atoms with Gasteiger partial charge in [0, 0.05) is 18.6 Å². The number of likely N-dealkylation sites (tertiary alicyclic amines) is 1. The van der Waals surface area contributed by atoms with E-state index in [0.29, 0.717) is 6.04 Å². The van der Waals surface area contributed by atoms with Crippen LogP contribution in [0.1, 0.15) is 60.8 Å². The molecule has 0 radical (unpaired) electrons. The summed E-state index contributed by atoms with van der Waals surface area (Å²) in [5.41, 5.74) is -0.442. The van der Waals surface area contributed by atoms with E-state index in [2.05, 4.69) is 29.4 Å². The first kappa shape index (κ1) is 20.2. The van der Waals surface area contributed by atoms with E-state index < -0.39 is 5.60 Å². The van der Waals surface area contributed by atoms with Gasteiger partial charge in [0.15, 0.2) is 0 Å². The van der Waals surface area contributed by atoms with Crippen molar-refractivity contribution in [3.63, 3.8) is 0 Å². The molecule has 1 aliphatic rings. The maximum absolute atomic E-state index is 11.7. The molecule has 1 rings (SSSR count). The molecule has 0 spiro atoms. The van der Waals surface area contributed by atoms with E-state index in [0.717, 1.165) is 25.4 Å². The molecular weight excluding hydrogens is 290 g/mol. The maximum Gasteiger partial charge on any atom is 0.407 e. The minimum absolute atomic E-state index is 0.114. The van der Waals surface area contributed by atoms with Crippen LogP contribution in [-0.2, 0) is 4.74 Å². The number of piperidine rings is 1. The number of hydrogen-bond donors (Lipinski definition) is 2. The molecule has 3 atom stereocenters. The van der Waals surface area contributed by atoms with Crippen molar-refractivity contribution in [2.24, 2.45) is 5.92 Å². The third-order valence-corrected chi connectivity index (χ3v) is 4.50. The van der Waals surface area contributed by atoms with Crippen molar-refractivity contribution in [1.82, 2.24) is 15.5 Å². The highest BCUT2D eigenvalue weighted by Gasteiger charge is 2.23. The molecule has 1 aliphatic heterocycles. The van der Waals surface area contributed by atoms with Gasteiger partial charge >= 0.3 is 6.09 Å². The molecular formula is C18H37N3O2. The molecule has 5 heteroatoms. The first-order valence-electron chi connectivity index (χ1n) is 9.16. The van der Waals surface area contributed by atoms with Crippen molar-refractivity contribution in [2.75, 3.05) is 26.2 Å². The van der Waals surface area contributed by atoms with Gasteiger partial charge in [0.2, 0.25) is 0 Å². The monoisotopic (exact) mass is 327 g/mol. The van der Waals surface area contributed by atoms with Gasteiger partial charge in [0.1, 0.15) is 5.60 Å². The minimum atomic E-state index is -0.442. The second-order valence-electron chi connectivity index (χ2n) is 7.87. The van der Waals surface area contributed by atoms with Crippen LogP contribution in [0.15, 0.2) is 0 Å². The van der Waals surface area contributed by atoms with Crippen LogP contribution in [0.3, 0.4) is 0 Å². The highest BCUT2D eigenvalue weighted by atomic mass is 16.6. The SMILES string of the molecule is CCN1CCCC(C(C)NCCC(C)NC(=O)OC(C)(C)C)C1. The van der Waals surface area contributed by atoms with Crippen LogP contribution in [0.4, 0.5) is 4.79 Å². The fraction of sp³-hybridized carbons (Fsp3) is 0.944. The highest BCUT2D eigenvalue weighted by Crippen LogP contribution is 2.19. The average molecular weight is 328 g/mol. The summed E-state index contributed by atoms with van der Waals surface area (Å²) in [5, 5.41) is 6.53. The average Bonchev–Trinajstić information content (AvgIpc) is 2.45. The molecule has 2 N–H and O–H groups in total. The fourth-order valence-electron chi connectivity index (χ4n) is 3.06. The Morgan fingerprint density at radius 2 is 2.04 bits per heavy atom. The normalized spacial score (nSPS) is 22.4. The van der Waals surface area contributed by atoms with E-state index in [9.17, 15) is 4.79 Å². The lowest BCUT2D eigenvalue weighted by Crippen LogP contribution is -2.45. The molecule has 0 aromatic heterocycles. The summed E-state index contributed by atoms with van der Waals surface area (Å²) in [7, 11) is 0. The van der Waals surface area contributed by atoms with Gasteiger partial charge in [-0.1, -0.05) is 6.92 Å². The number of nitrogens with one attached hydrogen (secondary N) is 2. The predicted molar refractivity (Wildman–Crippen MR) is 95.8 cm³/mol. The van der Waals surface area contributed by atoms with Gasteiger partial charge in [0.05, 0.1) is 0 Å². The zero-order valence-corrected chi connectivity index (χ0v) is 15.9. The lowest BCUT2D eigenvalue weighted by atomic mass is 9.91. The maximum atomic E-state index is 11.7. The van der Waals surface area contributed by atoms with Gasteiger partial charge in [-0.05, 0) is 79.4 Å². The summed E-state index contributed by atoms with van der Waals surface area (Å²) in [6, 6.07) is 0.640. The Morgan fingerprint density at radius 1 is 1.35 bits per heavy atom. The number of carbonyl (C=O) groups excluding carboxylic acids is 1. The third-order valence-electron chi connectivity index (χ3n) is 4.50. The van der Waals surface area contributed by atoms with E-state index in [1.165, 1.54) is 25.9 Å². The molecule has 0 aromatic carbocycles. The molecule has 0 aliphatic carbocycles. The van der Waals surface area contributed by atoms with Crippen LogP contribution in [0.2, 0.25) is 0 Å². The van der Waals surface area contributed by atoms with Crippen molar-refractivity contribution in [3.05, 3.63) is 0 Å². The Labute approximate surface area is 142 Å². The Balaban J connectivity index is 2.21. The van der Waals surface area contributed by atoms with Gasteiger partial charge in [0.25, 0.3) is 0 Å². The van der Waals surface area contributed by atoms with E-state index in [-0.39, 0.29) is 12.1 Å². The van der Waals surface area contributed by atoms with E-state index >= 15 is 0 Å². The smallest absolute Gasteiger partial charge is 0.407 e.